The van der Waals surface area contributed by atoms with Crippen LogP contribution in [0, 0.1) is 0 Å². The summed E-state index contributed by atoms with van der Waals surface area (Å²) < 4.78 is 1.73. The molecule has 0 aromatic carbocycles. The summed E-state index contributed by atoms with van der Waals surface area (Å²) in [6.45, 7) is 4.74. The highest BCUT2D eigenvalue weighted by atomic mass is 16.2. The van der Waals surface area contributed by atoms with Crippen LogP contribution in [0.3, 0.4) is 0 Å². The number of nitrogens with zero attached hydrogens (tertiary/aromatic N) is 2. The minimum Gasteiger partial charge on any atom is -0.352 e. The topological polar surface area (TPSA) is 102 Å². The van der Waals surface area contributed by atoms with E-state index < -0.39 is 0 Å². The third-order valence-corrected chi connectivity index (χ3v) is 2.11. The summed E-state index contributed by atoms with van der Waals surface area (Å²) in [5.74, 6) is -0.593. The van der Waals surface area contributed by atoms with E-state index in [2.05, 4.69) is 15.6 Å². The van der Waals surface area contributed by atoms with Crippen LogP contribution in [0.2, 0.25) is 0 Å². The van der Waals surface area contributed by atoms with Crippen LogP contribution in [-0.4, -0.2) is 40.5 Å². The number of aromatic nitrogens is 2. The second-order valence-electron chi connectivity index (χ2n) is 4.19. The van der Waals surface area contributed by atoms with Crippen LogP contribution >= 0.6 is 0 Å². The number of hydrogen-bond donors (Lipinski definition) is 3. The van der Waals surface area contributed by atoms with E-state index in [1.54, 1.807) is 10.8 Å². The van der Waals surface area contributed by atoms with Crippen molar-refractivity contribution in [2.75, 3.05) is 13.1 Å². The van der Waals surface area contributed by atoms with Crippen molar-refractivity contribution in [3.63, 3.8) is 0 Å². The zero-order valence-electron chi connectivity index (χ0n) is 10.6. The molecule has 0 radical (unpaired) electrons. The van der Waals surface area contributed by atoms with Crippen LogP contribution in [0.4, 0.5) is 0 Å². The molecular weight excluding hydrogens is 234 g/mol. The van der Waals surface area contributed by atoms with E-state index in [1.807, 2.05) is 13.8 Å². The summed E-state index contributed by atoms with van der Waals surface area (Å²) in [5.41, 5.74) is 5.67. The molecule has 0 bridgehead atoms. The summed E-state index contributed by atoms with van der Waals surface area (Å²) in [6.07, 6.45) is 3.14. The molecule has 7 heteroatoms. The van der Waals surface area contributed by atoms with Gasteiger partial charge in [-0.1, -0.05) is 0 Å². The Hall–Kier alpha value is -1.89. The number of nitrogens with one attached hydrogen (secondary N) is 2. The van der Waals surface area contributed by atoms with E-state index in [4.69, 9.17) is 5.73 Å². The third-order valence-electron chi connectivity index (χ3n) is 2.11. The minimum atomic E-state index is -0.371. The largest absolute Gasteiger partial charge is 0.352 e. The lowest BCUT2D eigenvalue weighted by atomic mass is 10.4. The smallest absolute Gasteiger partial charge is 0.271 e. The molecule has 0 atom stereocenters. The number of imidazole rings is 1. The average Bonchev–Trinajstić information content (AvgIpc) is 2.74. The molecule has 1 aromatic heterocycles. The molecule has 100 valence electrons. The van der Waals surface area contributed by atoms with Gasteiger partial charge in [-0.3, -0.25) is 9.59 Å². The van der Waals surface area contributed by atoms with Crippen LogP contribution in [0.5, 0.6) is 0 Å². The van der Waals surface area contributed by atoms with E-state index >= 15 is 0 Å². The molecule has 0 saturated heterocycles. The van der Waals surface area contributed by atoms with Crippen LogP contribution < -0.4 is 16.4 Å². The molecule has 1 aromatic rings. The number of amides is 2. The number of carbonyl (C=O) groups is 2. The van der Waals surface area contributed by atoms with Gasteiger partial charge in [-0.15, -0.1) is 0 Å². The fraction of sp³-hybridized carbons (Fsp3) is 0.545. The highest BCUT2D eigenvalue weighted by Gasteiger charge is 2.11. The molecule has 0 aliphatic rings. The molecule has 1 rings (SSSR count). The summed E-state index contributed by atoms with van der Waals surface area (Å²) in [5, 5.41) is 5.18. The maximum atomic E-state index is 11.7. The van der Waals surface area contributed by atoms with Crippen molar-refractivity contribution in [3.05, 3.63) is 18.2 Å². The van der Waals surface area contributed by atoms with E-state index in [1.165, 1.54) is 6.33 Å². The van der Waals surface area contributed by atoms with Crippen molar-refractivity contribution >= 4 is 11.8 Å². The number of nitrogens with two attached hydrogens (primary N) is 1. The van der Waals surface area contributed by atoms with E-state index in [-0.39, 0.29) is 30.1 Å². The number of rotatable bonds is 6. The van der Waals surface area contributed by atoms with Gasteiger partial charge in [-0.05, 0) is 13.8 Å². The molecule has 0 aliphatic heterocycles. The van der Waals surface area contributed by atoms with Gasteiger partial charge in [0.2, 0.25) is 5.91 Å². The lowest BCUT2D eigenvalue weighted by Gasteiger charge is -2.08. The highest BCUT2D eigenvalue weighted by molar-refractivity contribution is 5.94. The first-order chi connectivity index (χ1) is 8.52. The van der Waals surface area contributed by atoms with Gasteiger partial charge in [-0.25, -0.2) is 4.98 Å². The van der Waals surface area contributed by atoms with Gasteiger partial charge in [0.25, 0.3) is 5.91 Å². The quantitative estimate of drug-likeness (QED) is 0.611. The van der Waals surface area contributed by atoms with Crippen LogP contribution in [0.25, 0.3) is 0 Å². The molecule has 18 heavy (non-hydrogen) atoms. The van der Waals surface area contributed by atoms with Crippen LogP contribution in [0.1, 0.15) is 24.3 Å². The van der Waals surface area contributed by atoms with E-state index in [9.17, 15) is 9.59 Å². The van der Waals surface area contributed by atoms with Crippen molar-refractivity contribution in [2.45, 2.75) is 26.4 Å². The molecule has 7 nitrogen and oxygen atoms in total. The maximum absolute atomic E-state index is 11.7. The fourth-order valence-electron chi connectivity index (χ4n) is 1.37. The molecule has 0 saturated carbocycles. The third kappa shape index (κ3) is 4.54. The predicted molar refractivity (Wildman–Crippen MR) is 66.9 cm³/mol. The molecule has 0 spiro atoms. The Labute approximate surface area is 106 Å². The summed E-state index contributed by atoms with van der Waals surface area (Å²) in [4.78, 5) is 26.9. The first-order valence-electron chi connectivity index (χ1n) is 5.82. The number of hydrogen-bond acceptors (Lipinski definition) is 4. The van der Waals surface area contributed by atoms with Crippen LogP contribution in [0.15, 0.2) is 12.5 Å². The summed E-state index contributed by atoms with van der Waals surface area (Å²) >= 11 is 0. The monoisotopic (exact) mass is 253 g/mol. The Morgan fingerprint density at radius 3 is 2.83 bits per heavy atom. The van der Waals surface area contributed by atoms with Gasteiger partial charge in [0.15, 0.2) is 0 Å². The van der Waals surface area contributed by atoms with Crippen molar-refractivity contribution in [1.29, 1.82) is 0 Å². The van der Waals surface area contributed by atoms with Crippen molar-refractivity contribution in [3.8, 4) is 0 Å². The predicted octanol–water partition coefficient (Wildman–Crippen LogP) is -0.904. The average molecular weight is 253 g/mol. The lowest BCUT2D eigenvalue weighted by molar-refractivity contribution is -0.120. The van der Waals surface area contributed by atoms with Gasteiger partial charge in [0.05, 0.1) is 12.9 Å². The van der Waals surface area contributed by atoms with Gasteiger partial charge >= 0.3 is 0 Å². The Morgan fingerprint density at radius 2 is 2.22 bits per heavy atom. The Morgan fingerprint density at radius 1 is 1.50 bits per heavy atom. The number of carbonyl (C=O) groups excluding carboxylic acids is 2. The van der Waals surface area contributed by atoms with Gasteiger partial charge < -0.3 is 20.9 Å². The van der Waals surface area contributed by atoms with Crippen molar-refractivity contribution in [2.24, 2.45) is 5.73 Å². The SMILES string of the molecule is CC(C)NC(=O)CNC(=O)c1cn(CCN)cn1. The highest BCUT2D eigenvalue weighted by Crippen LogP contribution is 1.95. The second kappa shape index (κ2) is 6.75. The van der Waals surface area contributed by atoms with Gasteiger partial charge in [0.1, 0.15) is 5.69 Å². The lowest BCUT2D eigenvalue weighted by Crippen LogP contribution is -2.39. The zero-order chi connectivity index (χ0) is 13.5. The van der Waals surface area contributed by atoms with E-state index in [0.29, 0.717) is 13.1 Å². The first kappa shape index (κ1) is 14.2. The zero-order valence-corrected chi connectivity index (χ0v) is 10.6. The fourth-order valence-corrected chi connectivity index (χ4v) is 1.37. The van der Waals surface area contributed by atoms with Crippen molar-refractivity contribution in [1.82, 2.24) is 20.2 Å². The standard InChI is InChI=1S/C11H19N5O2/c1-8(2)15-10(17)5-13-11(18)9-6-16(4-3-12)7-14-9/h6-8H,3-5,12H2,1-2H3,(H,13,18)(H,15,17). The van der Waals surface area contributed by atoms with Gasteiger partial charge in [-0.2, -0.15) is 0 Å². The van der Waals surface area contributed by atoms with Crippen LogP contribution in [-0.2, 0) is 11.3 Å². The normalized spacial score (nSPS) is 10.4. The molecular formula is C11H19N5O2. The van der Waals surface area contributed by atoms with Gasteiger partial charge in [0, 0.05) is 25.3 Å². The second-order valence-corrected chi connectivity index (χ2v) is 4.19. The molecule has 4 N–H and O–H groups in total. The van der Waals surface area contributed by atoms with Crippen molar-refractivity contribution < 1.29 is 9.59 Å². The van der Waals surface area contributed by atoms with E-state index in [0.717, 1.165) is 0 Å². The molecule has 2 amide bonds. The molecule has 0 fully saturated rings. The summed E-state index contributed by atoms with van der Waals surface area (Å²) in [6, 6.07) is 0.0539. The Bertz CT molecular complexity index is 413. The molecule has 1 heterocycles. The Kier molecular flexibility index (Phi) is 5.31. The molecule has 0 aliphatic carbocycles. The maximum Gasteiger partial charge on any atom is 0.271 e. The molecule has 0 unspecified atom stereocenters. The Balaban J connectivity index is 2.42. The first-order valence-corrected chi connectivity index (χ1v) is 5.82. The minimum absolute atomic E-state index is 0.0539. The summed E-state index contributed by atoms with van der Waals surface area (Å²) in [7, 11) is 0.